The van der Waals surface area contributed by atoms with Crippen molar-refractivity contribution in [2.24, 2.45) is 0 Å². The summed E-state index contributed by atoms with van der Waals surface area (Å²) in [6.45, 7) is 0. The summed E-state index contributed by atoms with van der Waals surface area (Å²) in [5.41, 5.74) is 0.700. The van der Waals surface area contributed by atoms with Crippen LogP contribution in [-0.2, 0) is 9.59 Å². The van der Waals surface area contributed by atoms with Gasteiger partial charge in [-0.25, -0.2) is 0 Å². The molecule has 1 heterocycles. The van der Waals surface area contributed by atoms with Crippen molar-refractivity contribution in [2.45, 2.75) is 12.8 Å². The minimum atomic E-state index is -0.964. The Kier molecular flexibility index (Phi) is 3.39. The van der Waals surface area contributed by atoms with Crippen LogP contribution in [0, 0.1) is 0 Å². The molecule has 88 valence electrons. The van der Waals surface area contributed by atoms with Crippen LogP contribution < -0.4 is 5.32 Å². The van der Waals surface area contributed by atoms with Gasteiger partial charge in [-0.05, 0) is 35.0 Å². The van der Waals surface area contributed by atoms with E-state index in [1.54, 1.807) is 11.3 Å². The maximum atomic E-state index is 11.4. The van der Waals surface area contributed by atoms with Gasteiger partial charge in [-0.15, -0.1) is 11.3 Å². The van der Waals surface area contributed by atoms with E-state index in [9.17, 15) is 9.59 Å². The van der Waals surface area contributed by atoms with Crippen molar-refractivity contribution in [1.29, 1.82) is 0 Å². The second-order valence-electron chi connectivity index (χ2n) is 3.62. The van der Waals surface area contributed by atoms with Gasteiger partial charge in [-0.2, -0.15) is 0 Å². The van der Waals surface area contributed by atoms with Gasteiger partial charge < -0.3 is 10.4 Å². The first-order valence-electron chi connectivity index (χ1n) is 5.14. The van der Waals surface area contributed by atoms with Crippen LogP contribution in [0.4, 0.5) is 5.69 Å². The molecule has 2 N–H and O–H groups in total. The number of anilines is 1. The largest absolute Gasteiger partial charge is 0.481 e. The lowest BCUT2D eigenvalue weighted by molar-refractivity contribution is -0.138. The van der Waals surface area contributed by atoms with E-state index in [1.165, 1.54) is 0 Å². The Morgan fingerprint density at radius 1 is 1.24 bits per heavy atom. The lowest BCUT2D eigenvalue weighted by Gasteiger charge is -2.04. The van der Waals surface area contributed by atoms with Crippen LogP contribution in [0.15, 0.2) is 29.6 Å². The van der Waals surface area contributed by atoms with Crippen molar-refractivity contribution in [3.05, 3.63) is 29.6 Å². The maximum absolute atomic E-state index is 11.4. The quantitative estimate of drug-likeness (QED) is 0.875. The van der Waals surface area contributed by atoms with Crippen LogP contribution in [0.2, 0.25) is 0 Å². The molecule has 0 radical (unpaired) electrons. The molecule has 1 aromatic carbocycles. The van der Waals surface area contributed by atoms with E-state index < -0.39 is 5.97 Å². The molecule has 0 unspecified atom stereocenters. The molecule has 17 heavy (non-hydrogen) atoms. The number of rotatable bonds is 4. The standard InChI is InChI=1S/C12H11NO3S/c14-11(3-4-12(15)16)13-9-1-2-10-8(7-9)5-6-17-10/h1-2,5-7H,3-4H2,(H,13,14)(H,15,16). The van der Waals surface area contributed by atoms with Gasteiger partial charge in [0.05, 0.1) is 6.42 Å². The lowest BCUT2D eigenvalue weighted by atomic mass is 10.2. The molecule has 0 atom stereocenters. The molecule has 0 bridgehead atoms. The Morgan fingerprint density at radius 3 is 2.82 bits per heavy atom. The number of fused-ring (bicyclic) bond motifs is 1. The monoisotopic (exact) mass is 249 g/mol. The maximum Gasteiger partial charge on any atom is 0.303 e. The van der Waals surface area contributed by atoms with Gasteiger partial charge in [0, 0.05) is 16.8 Å². The van der Waals surface area contributed by atoms with Gasteiger partial charge in [-0.1, -0.05) is 0 Å². The summed E-state index contributed by atoms with van der Waals surface area (Å²) in [6, 6.07) is 7.61. The van der Waals surface area contributed by atoms with E-state index in [1.807, 2.05) is 29.6 Å². The molecule has 0 aliphatic heterocycles. The normalized spacial score (nSPS) is 10.4. The summed E-state index contributed by atoms with van der Waals surface area (Å²) in [4.78, 5) is 21.7. The molecular weight excluding hydrogens is 238 g/mol. The third-order valence-corrected chi connectivity index (χ3v) is 3.20. The van der Waals surface area contributed by atoms with Crippen LogP contribution in [0.3, 0.4) is 0 Å². The van der Waals surface area contributed by atoms with Crippen LogP contribution in [0.25, 0.3) is 10.1 Å². The minimum absolute atomic E-state index is 0.00297. The van der Waals surface area contributed by atoms with Crippen LogP contribution in [0.1, 0.15) is 12.8 Å². The predicted molar refractivity (Wildman–Crippen MR) is 67.3 cm³/mol. The Hall–Kier alpha value is -1.88. The number of carbonyl (C=O) groups is 2. The van der Waals surface area contributed by atoms with Crippen molar-refractivity contribution in [3.8, 4) is 0 Å². The van der Waals surface area contributed by atoms with E-state index in [0.717, 1.165) is 10.1 Å². The highest BCUT2D eigenvalue weighted by Crippen LogP contribution is 2.24. The molecule has 1 aromatic heterocycles. The minimum Gasteiger partial charge on any atom is -0.481 e. The summed E-state index contributed by atoms with van der Waals surface area (Å²) in [5.74, 6) is -1.24. The van der Waals surface area contributed by atoms with E-state index in [2.05, 4.69) is 5.32 Å². The summed E-state index contributed by atoms with van der Waals surface area (Å²) >= 11 is 1.64. The molecule has 0 spiro atoms. The average Bonchev–Trinajstić information content (AvgIpc) is 2.73. The predicted octanol–water partition coefficient (Wildman–Crippen LogP) is 2.70. The molecule has 0 fully saturated rings. The molecule has 1 amide bonds. The zero-order chi connectivity index (χ0) is 12.3. The number of hydrogen-bond acceptors (Lipinski definition) is 3. The van der Waals surface area contributed by atoms with Crippen LogP contribution in [-0.4, -0.2) is 17.0 Å². The van der Waals surface area contributed by atoms with Gasteiger partial charge in [0.15, 0.2) is 0 Å². The van der Waals surface area contributed by atoms with E-state index in [0.29, 0.717) is 5.69 Å². The molecule has 5 heteroatoms. The molecule has 0 saturated heterocycles. The Balaban J connectivity index is 2.02. The molecule has 0 saturated carbocycles. The first-order valence-corrected chi connectivity index (χ1v) is 6.02. The third-order valence-electron chi connectivity index (χ3n) is 2.30. The fourth-order valence-electron chi connectivity index (χ4n) is 1.49. The number of benzene rings is 1. The number of carboxylic acid groups (broad SMARTS) is 1. The summed E-state index contributed by atoms with van der Waals surface area (Å²) < 4.78 is 1.16. The fraction of sp³-hybridized carbons (Fsp3) is 0.167. The number of thiophene rings is 1. The van der Waals surface area contributed by atoms with E-state index in [4.69, 9.17) is 5.11 Å². The Labute approximate surface area is 102 Å². The summed E-state index contributed by atoms with van der Waals surface area (Å²) in [7, 11) is 0. The number of aliphatic carboxylic acids is 1. The van der Waals surface area contributed by atoms with Crippen molar-refractivity contribution < 1.29 is 14.7 Å². The Bertz CT molecular complexity index is 562. The first kappa shape index (κ1) is 11.6. The lowest BCUT2D eigenvalue weighted by Crippen LogP contribution is -2.12. The number of carboxylic acids is 1. The number of amides is 1. The second-order valence-corrected chi connectivity index (χ2v) is 4.56. The highest BCUT2D eigenvalue weighted by molar-refractivity contribution is 7.17. The van der Waals surface area contributed by atoms with Crippen molar-refractivity contribution >= 4 is 39.0 Å². The Morgan fingerprint density at radius 2 is 2.06 bits per heavy atom. The van der Waals surface area contributed by atoms with E-state index in [-0.39, 0.29) is 18.7 Å². The van der Waals surface area contributed by atoms with Crippen molar-refractivity contribution in [2.75, 3.05) is 5.32 Å². The highest BCUT2D eigenvalue weighted by atomic mass is 32.1. The van der Waals surface area contributed by atoms with Gasteiger partial charge in [-0.3, -0.25) is 9.59 Å². The molecule has 0 aliphatic rings. The van der Waals surface area contributed by atoms with Crippen LogP contribution >= 0.6 is 11.3 Å². The molecule has 4 nitrogen and oxygen atoms in total. The van der Waals surface area contributed by atoms with Gasteiger partial charge >= 0.3 is 5.97 Å². The summed E-state index contributed by atoms with van der Waals surface area (Å²) in [5, 5.41) is 14.2. The molecule has 0 aliphatic carbocycles. The number of nitrogens with one attached hydrogen (secondary N) is 1. The van der Waals surface area contributed by atoms with Crippen molar-refractivity contribution in [3.63, 3.8) is 0 Å². The van der Waals surface area contributed by atoms with E-state index >= 15 is 0 Å². The third kappa shape index (κ3) is 3.04. The zero-order valence-corrected chi connectivity index (χ0v) is 9.79. The van der Waals surface area contributed by atoms with Gasteiger partial charge in [0.1, 0.15) is 0 Å². The van der Waals surface area contributed by atoms with Crippen molar-refractivity contribution in [1.82, 2.24) is 0 Å². The molecular formula is C12H11NO3S. The molecule has 2 aromatic rings. The first-order chi connectivity index (χ1) is 8.15. The number of hydrogen-bond donors (Lipinski definition) is 2. The van der Waals surface area contributed by atoms with Crippen LogP contribution in [0.5, 0.6) is 0 Å². The highest BCUT2D eigenvalue weighted by Gasteiger charge is 2.06. The zero-order valence-electron chi connectivity index (χ0n) is 8.97. The summed E-state index contributed by atoms with van der Waals surface area (Å²) in [6.07, 6.45) is -0.149. The molecule has 2 rings (SSSR count). The smallest absolute Gasteiger partial charge is 0.303 e. The average molecular weight is 249 g/mol. The van der Waals surface area contributed by atoms with Gasteiger partial charge in [0.2, 0.25) is 5.91 Å². The number of carbonyl (C=O) groups excluding carboxylic acids is 1. The SMILES string of the molecule is O=C(O)CCC(=O)Nc1ccc2sccc2c1. The van der Waals surface area contributed by atoms with Gasteiger partial charge in [0.25, 0.3) is 0 Å². The topological polar surface area (TPSA) is 66.4 Å². The fourth-order valence-corrected chi connectivity index (χ4v) is 2.26. The second kappa shape index (κ2) is 4.97.